The summed E-state index contributed by atoms with van der Waals surface area (Å²) in [6.07, 6.45) is 5.22. The maximum Gasteiger partial charge on any atom is 0.0698 e. The third-order valence-corrected chi connectivity index (χ3v) is 7.07. The number of fused-ring (bicyclic) bond motifs is 2. The van der Waals surface area contributed by atoms with Crippen molar-refractivity contribution in [2.75, 3.05) is 45.9 Å². The number of nitrogens with zero attached hydrogens (tertiary/aromatic N) is 2. The second-order valence-corrected chi connectivity index (χ2v) is 8.64. The van der Waals surface area contributed by atoms with Gasteiger partial charge in [0.25, 0.3) is 0 Å². The number of hydrogen-bond acceptors (Lipinski definition) is 4. The highest BCUT2D eigenvalue weighted by Crippen LogP contribution is 2.38. The first-order valence-electron chi connectivity index (χ1n) is 10.5. The standard InChI is InChI=1S/C22H31N3O2/c26-22-12-18-15-24(6-5-16-13-23-20-4-2-1-3-19(16)20)14-17(18)11-21(22)25-7-9-27-10-8-25/h1-4,13,17-18,21-23,26H,5-12,14-15H2/t17-,18+,21-,22-/m1/s1. The summed E-state index contributed by atoms with van der Waals surface area (Å²) in [5.41, 5.74) is 2.66. The molecule has 5 nitrogen and oxygen atoms in total. The quantitative estimate of drug-likeness (QED) is 0.867. The van der Waals surface area contributed by atoms with E-state index in [1.165, 1.54) is 23.0 Å². The number of H-pyrrole nitrogens is 1. The van der Waals surface area contributed by atoms with E-state index in [2.05, 4.69) is 45.2 Å². The number of likely N-dealkylation sites (tertiary alicyclic amines) is 1. The van der Waals surface area contributed by atoms with Crippen LogP contribution in [0.3, 0.4) is 0 Å². The Bertz CT molecular complexity index is 770. The lowest BCUT2D eigenvalue weighted by Gasteiger charge is -2.43. The third-order valence-electron chi connectivity index (χ3n) is 7.07. The molecule has 0 spiro atoms. The van der Waals surface area contributed by atoms with Gasteiger partial charge in [-0.15, -0.1) is 0 Å². The summed E-state index contributed by atoms with van der Waals surface area (Å²) >= 11 is 0. The number of hydrogen-bond donors (Lipinski definition) is 2. The van der Waals surface area contributed by atoms with Crippen LogP contribution in [0.15, 0.2) is 30.5 Å². The van der Waals surface area contributed by atoms with Crippen LogP contribution in [0, 0.1) is 11.8 Å². The van der Waals surface area contributed by atoms with Crippen LogP contribution in [0.2, 0.25) is 0 Å². The Hall–Kier alpha value is -1.40. The van der Waals surface area contributed by atoms with Gasteiger partial charge in [0.1, 0.15) is 0 Å². The van der Waals surface area contributed by atoms with Crippen molar-refractivity contribution in [1.82, 2.24) is 14.8 Å². The molecule has 4 atom stereocenters. The molecule has 5 heteroatoms. The molecular formula is C22H31N3O2. The fourth-order valence-corrected chi connectivity index (χ4v) is 5.61. The van der Waals surface area contributed by atoms with E-state index in [1.807, 2.05) is 0 Å². The topological polar surface area (TPSA) is 51.7 Å². The predicted octanol–water partition coefficient (Wildman–Crippen LogP) is 2.11. The molecule has 2 N–H and O–H groups in total. The van der Waals surface area contributed by atoms with Crippen molar-refractivity contribution in [1.29, 1.82) is 0 Å². The van der Waals surface area contributed by atoms with Crippen LogP contribution in [0.25, 0.3) is 10.9 Å². The highest BCUT2D eigenvalue weighted by molar-refractivity contribution is 5.83. The van der Waals surface area contributed by atoms with Crippen LogP contribution >= 0.6 is 0 Å². The number of benzene rings is 1. The normalized spacial score (nSPS) is 32.8. The van der Waals surface area contributed by atoms with E-state index < -0.39 is 0 Å². The average molecular weight is 370 g/mol. The highest BCUT2D eigenvalue weighted by atomic mass is 16.5. The molecule has 0 amide bonds. The lowest BCUT2D eigenvalue weighted by Crippen LogP contribution is -2.53. The van der Waals surface area contributed by atoms with Gasteiger partial charge in [0.15, 0.2) is 0 Å². The third kappa shape index (κ3) is 3.54. The maximum atomic E-state index is 10.7. The Morgan fingerprint density at radius 3 is 2.70 bits per heavy atom. The Balaban J connectivity index is 1.19. The van der Waals surface area contributed by atoms with Gasteiger partial charge in [-0.3, -0.25) is 4.90 Å². The molecule has 0 bridgehead atoms. The summed E-state index contributed by atoms with van der Waals surface area (Å²) in [7, 11) is 0. The lowest BCUT2D eigenvalue weighted by atomic mass is 9.77. The van der Waals surface area contributed by atoms with Gasteiger partial charge in [-0.05, 0) is 42.7 Å². The SMILES string of the molecule is O[C@@H]1C[C@H]2CN(CCc3c[nH]c4ccccc34)C[C@H]2C[C@H]1N1CCOCC1. The fourth-order valence-electron chi connectivity index (χ4n) is 5.61. The number of aromatic nitrogens is 1. The number of rotatable bonds is 4. The minimum absolute atomic E-state index is 0.169. The zero-order valence-corrected chi connectivity index (χ0v) is 16.0. The zero-order valence-electron chi connectivity index (χ0n) is 16.0. The zero-order chi connectivity index (χ0) is 18.2. The summed E-state index contributed by atoms with van der Waals surface area (Å²) in [6, 6.07) is 8.91. The first kappa shape index (κ1) is 17.7. The summed E-state index contributed by atoms with van der Waals surface area (Å²) in [5, 5.41) is 12.1. The van der Waals surface area contributed by atoms with Gasteiger partial charge in [-0.2, -0.15) is 0 Å². The summed E-state index contributed by atoms with van der Waals surface area (Å²) < 4.78 is 5.49. The molecule has 1 aliphatic carbocycles. The van der Waals surface area contributed by atoms with Gasteiger partial charge >= 0.3 is 0 Å². The summed E-state index contributed by atoms with van der Waals surface area (Å²) in [6.45, 7) is 7.04. The molecule has 1 aromatic carbocycles. The molecule has 2 saturated heterocycles. The number of para-hydroxylation sites is 1. The molecule has 146 valence electrons. The Morgan fingerprint density at radius 1 is 1.07 bits per heavy atom. The fraction of sp³-hybridized carbons (Fsp3) is 0.636. The highest BCUT2D eigenvalue weighted by Gasteiger charge is 2.43. The van der Waals surface area contributed by atoms with Crippen molar-refractivity contribution in [2.45, 2.75) is 31.4 Å². The molecule has 1 saturated carbocycles. The van der Waals surface area contributed by atoms with Gasteiger partial charge < -0.3 is 19.7 Å². The van der Waals surface area contributed by atoms with Crippen LogP contribution in [0.1, 0.15) is 18.4 Å². The first-order chi connectivity index (χ1) is 13.3. The van der Waals surface area contributed by atoms with Gasteiger partial charge in [0.2, 0.25) is 0 Å². The van der Waals surface area contributed by atoms with E-state index in [0.29, 0.717) is 12.0 Å². The van der Waals surface area contributed by atoms with Crippen molar-refractivity contribution < 1.29 is 9.84 Å². The van der Waals surface area contributed by atoms with E-state index in [0.717, 1.165) is 64.6 Å². The predicted molar refractivity (Wildman–Crippen MR) is 107 cm³/mol. The van der Waals surface area contributed by atoms with Crippen molar-refractivity contribution in [3.05, 3.63) is 36.0 Å². The second-order valence-electron chi connectivity index (χ2n) is 8.64. The van der Waals surface area contributed by atoms with Crippen molar-refractivity contribution in [3.63, 3.8) is 0 Å². The van der Waals surface area contributed by atoms with Crippen LogP contribution < -0.4 is 0 Å². The Kier molecular flexibility index (Phi) is 4.94. The van der Waals surface area contributed by atoms with Crippen LogP contribution in [-0.4, -0.2) is 78.0 Å². The van der Waals surface area contributed by atoms with Gasteiger partial charge in [0, 0.05) is 55.9 Å². The monoisotopic (exact) mass is 369 g/mol. The van der Waals surface area contributed by atoms with Crippen LogP contribution in [0.4, 0.5) is 0 Å². The average Bonchev–Trinajstić information content (AvgIpc) is 3.29. The lowest BCUT2D eigenvalue weighted by molar-refractivity contribution is -0.0520. The number of aliphatic hydroxyl groups excluding tert-OH is 1. The van der Waals surface area contributed by atoms with Crippen molar-refractivity contribution >= 4 is 10.9 Å². The molecule has 3 fully saturated rings. The van der Waals surface area contributed by atoms with E-state index in [9.17, 15) is 5.11 Å². The molecule has 1 aromatic heterocycles. The molecule has 0 radical (unpaired) electrons. The van der Waals surface area contributed by atoms with Crippen molar-refractivity contribution in [3.8, 4) is 0 Å². The minimum atomic E-state index is -0.169. The molecule has 3 aliphatic rings. The van der Waals surface area contributed by atoms with E-state index in [4.69, 9.17) is 4.74 Å². The van der Waals surface area contributed by atoms with Gasteiger partial charge in [-0.1, -0.05) is 18.2 Å². The van der Waals surface area contributed by atoms with E-state index in [1.54, 1.807) is 0 Å². The van der Waals surface area contributed by atoms with Gasteiger partial charge in [0.05, 0.1) is 19.3 Å². The molecule has 5 rings (SSSR count). The molecule has 3 heterocycles. The minimum Gasteiger partial charge on any atom is -0.391 e. The van der Waals surface area contributed by atoms with Gasteiger partial charge in [-0.25, -0.2) is 0 Å². The molecule has 2 aliphatic heterocycles. The smallest absolute Gasteiger partial charge is 0.0698 e. The molecule has 2 aromatic rings. The van der Waals surface area contributed by atoms with Crippen LogP contribution in [0.5, 0.6) is 0 Å². The number of nitrogens with one attached hydrogen (secondary N) is 1. The van der Waals surface area contributed by atoms with E-state index >= 15 is 0 Å². The number of ether oxygens (including phenoxy) is 1. The van der Waals surface area contributed by atoms with Crippen molar-refractivity contribution in [2.24, 2.45) is 11.8 Å². The number of aliphatic hydroxyl groups is 1. The second kappa shape index (κ2) is 7.55. The maximum absolute atomic E-state index is 10.7. The summed E-state index contributed by atoms with van der Waals surface area (Å²) in [4.78, 5) is 8.50. The molecule has 0 unspecified atom stereocenters. The number of aromatic amines is 1. The number of morpholine rings is 1. The molecular weight excluding hydrogens is 338 g/mol. The Morgan fingerprint density at radius 2 is 1.85 bits per heavy atom. The Labute approximate surface area is 161 Å². The molecule has 27 heavy (non-hydrogen) atoms. The summed E-state index contributed by atoms with van der Waals surface area (Å²) in [5.74, 6) is 1.41. The first-order valence-corrected chi connectivity index (χ1v) is 10.5. The van der Waals surface area contributed by atoms with E-state index in [-0.39, 0.29) is 6.10 Å². The largest absolute Gasteiger partial charge is 0.391 e. The van der Waals surface area contributed by atoms with Crippen LogP contribution in [-0.2, 0) is 11.2 Å².